The molecule has 142 valence electrons. The Balaban J connectivity index is 1.72. The van der Waals surface area contributed by atoms with E-state index in [0.29, 0.717) is 24.2 Å². The van der Waals surface area contributed by atoms with E-state index >= 15 is 0 Å². The number of amides is 3. The Hall–Kier alpha value is -2.85. The molecule has 7 nitrogen and oxygen atoms in total. The molecule has 2 aliphatic heterocycles. The summed E-state index contributed by atoms with van der Waals surface area (Å²) in [6.45, 7) is 4.27. The van der Waals surface area contributed by atoms with E-state index in [9.17, 15) is 19.5 Å². The number of piperazine rings is 2. The number of benzene rings is 1. The van der Waals surface area contributed by atoms with Crippen LogP contribution in [-0.4, -0.2) is 82.4 Å². The fraction of sp³-hybridized carbons (Fsp3) is 0.450. The fourth-order valence-corrected chi connectivity index (χ4v) is 3.21. The maximum Gasteiger partial charge on any atom is 0.253 e. The third kappa shape index (κ3) is 4.12. The highest BCUT2D eigenvalue weighted by Gasteiger charge is 2.42. The molecule has 1 aromatic carbocycles. The normalized spacial score (nSPS) is 20.1. The van der Waals surface area contributed by atoms with Gasteiger partial charge < -0.3 is 19.8 Å². The molecular weight excluding hydrogens is 346 g/mol. The van der Waals surface area contributed by atoms with E-state index in [1.165, 1.54) is 4.90 Å². The van der Waals surface area contributed by atoms with E-state index in [1.807, 2.05) is 0 Å². The Kier molecular flexibility index (Phi) is 4.94. The lowest BCUT2D eigenvalue weighted by Gasteiger charge is -2.45. The first kappa shape index (κ1) is 18.9. The third-order valence-corrected chi connectivity index (χ3v) is 4.67. The number of carbonyl (C=O) groups excluding carboxylic acids is 3. The number of rotatable bonds is 1. The second-order valence-electron chi connectivity index (χ2n) is 7.43. The van der Waals surface area contributed by atoms with E-state index in [0.717, 1.165) is 0 Å². The van der Waals surface area contributed by atoms with Crippen LogP contribution in [0.2, 0.25) is 0 Å². The van der Waals surface area contributed by atoms with Gasteiger partial charge in [0, 0.05) is 31.3 Å². The average Bonchev–Trinajstić information content (AvgIpc) is 2.63. The Morgan fingerprint density at radius 2 is 1.85 bits per heavy atom. The molecule has 0 unspecified atom stereocenters. The molecule has 1 N–H and O–H groups in total. The number of hydrogen-bond donors (Lipinski definition) is 1. The molecule has 0 saturated carbocycles. The van der Waals surface area contributed by atoms with E-state index < -0.39 is 11.6 Å². The molecule has 0 spiro atoms. The van der Waals surface area contributed by atoms with Gasteiger partial charge in [0.1, 0.15) is 11.6 Å². The van der Waals surface area contributed by atoms with Crippen molar-refractivity contribution in [1.29, 1.82) is 0 Å². The molecule has 2 aliphatic rings. The van der Waals surface area contributed by atoms with Crippen molar-refractivity contribution in [2.45, 2.75) is 25.5 Å². The predicted molar refractivity (Wildman–Crippen MR) is 98.7 cm³/mol. The van der Waals surface area contributed by atoms with Gasteiger partial charge in [-0.1, -0.05) is 11.8 Å². The summed E-state index contributed by atoms with van der Waals surface area (Å²) < 4.78 is 0. The third-order valence-electron chi connectivity index (χ3n) is 4.67. The first-order chi connectivity index (χ1) is 12.7. The molecule has 2 fully saturated rings. The van der Waals surface area contributed by atoms with Gasteiger partial charge in [-0.15, -0.1) is 0 Å². The fourth-order valence-electron chi connectivity index (χ4n) is 3.21. The van der Waals surface area contributed by atoms with Gasteiger partial charge in [-0.3, -0.25) is 14.4 Å². The van der Waals surface area contributed by atoms with Crippen LogP contribution in [0.3, 0.4) is 0 Å². The number of aliphatic hydroxyl groups is 1. The van der Waals surface area contributed by atoms with Crippen LogP contribution in [0.4, 0.5) is 0 Å². The van der Waals surface area contributed by atoms with Crippen molar-refractivity contribution in [3.8, 4) is 11.8 Å². The maximum atomic E-state index is 12.8. The topological polar surface area (TPSA) is 81.2 Å². The van der Waals surface area contributed by atoms with Crippen LogP contribution in [0.25, 0.3) is 0 Å². The molecule has 3 rings (SSSR count). The standard InChI is InChI=1S/C20H23N3O4/c1-20(2,27)9-8-14-4-6-15(7-5-14)18(25)22-10-11-23-16(12-22)19(26)21(3)13-17(23)24/h4-7,16,27H,10-13H2,1-3H3/t16-/m0/s1. The van der Waals surface area contributed by atoms with Gasteiger partial charge in [0.15, 0.2) is 0 Å². The summed E-state index contributed by atoms with van der Waals surface area (Å²) in [5, 5.41) is 9.65. The average molecular weight is 369 g/mol. The Morgan fingerprint density at radius 3 is 2.48 bits per heavy atom. The highest BCUT2D eigenvalue weighted by atomic mass is 16.3. The zero-order chi connectivity index (χ0) is 19.8. The monoisotopic (exact) mass is 369 g/mol. The van der Waals surface area contributed by atoms with Gasteiger partial charge in [0.2, 0.25) is 11.8 Å². The van der Waals surface area contributed by atoms with Crippen molar-refractivity contribution >= 4 is 17.7 Å². The van der Waals surface area contributed by atoms with Crippen molar-refractivity contribution < 1.29 is 19.5 Å². The number of hydrogen-bond acceptors (Lipinski definition) is 4. The minimum atomic E-state index is -1.08. The lowest BCUT2D eigenvalue weighted by molar-refractivity contribution is -0.157. The molecule has 3 amide bonds. The summed E-state index contributed by atoms with van der Waals surface area (Å²) in [4.78, 5) is 41.9. The molecule has 1 aromatic rings. The molecule has 2 saturated heterocycles. The molecule has 0 radical (unpaired) electrons. The van der Waals surface area contributed by atoms with Crippen molar-refractivity contribution in [3.05, 3.63) is 35.4 Å². The van der Waals surface area contributed by atoms with Crippen molar-refractivity contribution in [2.75, 3.05) is 33.2 Å². The number of nitrogens with zero attached hydrogens (tertiary/aromatic N) is 3. The number of fused-ring (bicyclic) bond motifs is 1. The molecule has 7 heteroatoms. The van der Waals surface area contributed by atoms with Gasteiger partial charge in [0.05, 0.1) is 13.1 Å². The van der Waals surface area contributed by atoms with Gasteiger partial charge in [-0.05, 0) is 38.1 Å². The van der Waals surface area contributed by atoms with Crippen LogP contribution in [0.5, 0.6) is 0 Å². The molecule has 0 aliphatic carbocycles. The van der Waals surface area contributed by atoms with Crippen LogP contribution in [0, 0.1) is 11.8 Å². The molecular formula is C20H23N3O4. The lowest BCUT2D eigenvalue weighted by atomic mass is 10.0. The quantitative estimate of drug-likeness (QED) is 0.703. The van der Waals surface area contributed by atoms with Crippen LogP contribution in [0.15, 0.2) is 24.3 Å². The van der Waals surface area contributed by atoms with Gasteiger partial charge in [0.25, 0.3) is 5.91 Å². The smallest absolute Gasteiger partial charge is 0.253 e. The molecule has 2 heterocycles. The van der Waals surface area contributed by atoms with E-state index in [2.05, 4.69) is 11.8 Å². The van der Waals surface area contributed by atoms with Crippen LogP contribution < -0.4 is 0 Å². The Morgan fingerprint density at radius 1 is 1.19 bits per heavy atom. The predicted octanol–water partition coefficient (Wildman–Crippen LogP) is -0.0660. The summed E-state index contributed by atoms with van der Waals surface area (Å²) in [6, 6.07) is 6.22. The second-order valence-corrected chi connectivity index (χ2v) is 7.43. The zero-order valence-corrected chi connectivity index (χ0v) is 15.7. The summed E-state index contributed by atoms with van der Waals surface area (Å²) in [6.07, 6.45) is 0. The van der Waals surface area contributed by atoms with E-state index in [-0.39, 0.29) is 30.8 Å². The van der Waals surface area contributed by atoms with E-state index in [4.69, 9.17) is 0 Å². The van der Waals surface area contributed by atoms with E-state index in [1.54, 1.807) is 55.0 Å². The highest BCUT2D eigenvalue weighted by molar-refractivity contribution is 5.98. The first-order valence-electron chi connectivity index (χ1n) is 8.85. The summed E-state index contributed by atoms with van der Waals surface area (Å²) in [5.74, 6) is 5.20. The largest absolute Gasteiger partial charge is 0.378 e. The Labute approximate surface area is 158 Å². The van der Waals surface area contributed by atoms with Crippen LogP contribution in [0.1, 0.15) is 29.8 Å². The maximum absolute atomic E-state index is 12.8. The zero-order valence-electron chi connectivity index (χ0n) is 15.7. The minimum absolute atomic E-state index is 0.0797. The van der Waals surface area contributed by atoms with Gasteiger partial charge in [-0.2, -0.15) is 0 Å². The molecule has 27 heavy (non-hydrogen) atoms. The van der Waals surface area contributed by atoms with Crippen molar-refractivity contribution in [2.24, 2.45) is 0 Å². The van der Waals surface area contributed by atoms with Gasteiger partial charge in [-0.25, -0.2) is 0 Å². The summed E-state index contributed by atoms with van der Waals surface area (Å²) in [7, 11) is 1.60. The highest BCUT2D eigenvalue weighted by Crippen LogP contribution is 2.19. The SMILES string of the molecule is CN1CC(=O)N2CCN(C(=O)c3ccc(C#CC(C)(C)O)cc3)C[C@H]2C1=O. The molecule has 0 aromatic heterocycles. The van der Waals surface area contributed by atoms with Gasteiger partial charge >= 0.3 is 0 Å². The summed E-state index contributed by atoms with van der Waals surface area (Å²) >= 11 is 0. The van der Waals surface area contributed by atoms with Crippen LogP contribution in [-0.2, 0) is 9.59 Å². The minimum Gasteiger partial charge on any atom is -0.378 e. The van der Waals surface area contributed by atoms with Crippen LogP contribution >= 0.6 is 0 Å². The first-order valence-corrected chi connectivity index (χ1v) is 8.85. The van der Waals surface area contributed by atoms with Crippen molar-refractivity contribution in [1.82, 2.24) is 14.7 Å². The number of carbonyl (C=O) groups is 3. The molecule has 1 atom stereocenters. The van der Waals surface area contributed by atoms with Crippen molar-refractivity contribution in [3.63, 3.8) is 0 Å². The second kappa shape index (κ2) is 7.05. The summed E-state index contributed by atoms with van der Waals surface area (Å²) in [5.41, 5.74) is 0.124. The molecule has 0 bridgehead atoms. The Bertz CT molecular complexity index is 830. The lowest BCUT2D eigenvalue weighted by Crippen LogP contribution is -2.66. The number of likely N-dealkylation sites (N-methyl/N-ethyl adjacent to an activating group) is 1.